The van der Waals surface area contributed by atoms with Crippen LogP contribution in [0, 0.1) is 0 Å². The fourth-order valence-electron chi connectivity index (χ4n) is 2.20. The Morgan fingerprint density at radius 1 is 0.667 bits per heavy atom. The van der Waals surface area contributed by atoms with Crippen LogP contribution in [0.1, 0.15) is 11.1 Å². The van der Waals surface area contributed by atoms with Crippen LogP contribution < -0.4 is 0 Å². The second-order valence-electron chi connectivity index (χ2n) is 4.93. The summed E-state index contributed by atoms with van der Waals surface area (Å²) >= 11 is 0. The molecule has 0 aliphatic heterocycles. The van der Waals surface area contributed by atoms with Crippen molar-refractivity contribution >= 4 is 20.2 Å². The van der Waals surface area contributed by atoms with Crippen LogP contribution in [-0.2, 0) is 33.5 Å². The van der Waals surface area contributed by atoms with Gasteiger partial charge in [-0.2, -0.15) is 16.8 Å². The topological polar surface area (TPSA) is 149 Å². The second kappa shape index (κ2) is 6.59. The summed E-state index contributed by atoms with van der Waals surface area (Å²) in [5, 5.41) is 18.2. The van der Waals surface area contributed by atoms with Crippen LogP contribution >= 0.6 is 0 Å². The number of aliphatic hydroxyl groups is 2. The SMILES string of the molecule is O=S(=O)(O)c1cc(CO)ccc1-c1ccc(CO)cc1S(=O)(=O)O. The molecule has 2 aromatic rings. The highest BCUT2D eigenvalue weighted by molar-refractivity contribution is 7.86. The summed E-state index contributed by atoms with van der Waals surface area (Å²) in [6.45, 7) is -0.977. The Kier molecular flexibility index (Phi) is 5.08. The Labute approximate surface area is 138 Å². The van der Waals surface area contributed by atoms with E-state index < -0.39 is 43.2 Å². The van der Waals surface area contributed by atoms with Crippen molar-refractivity contribution in [3.63, 3.8) is 0 Å². The molecule has 0 atom stereocenters. The first-order valence-corrected chi connectivity index (χ1v) is 9.39. The van der Waals surface area contributed by atoms with Gasteiger partial charge in [0.25, 0.3) is 20.2 Å². The number of benzene rings is 2. The summed E-state index contributed by atoms with van der Waals surface area (Å²) < 4.78 is 65.2. The maximum atomic E-state index is 11.6. The Bertz CT molecular complexity index is 896. The average Bonchev–Trinajstić information content (AvgIpc) is 2.52. The molecule has 0 bridgehead atoms. The maximum Gasteiger partial charge on any atom is 0.295 e. The minimum absolute atomic E-state index is 0.174. The van der Waals surface area contributed by atoms with Crippen molar-refractivity contribution < 1.29 is 36.2 Å². The monoisotopic (exact) mass is 374 g/mol. The zero-order valence-corrected chi connectivity index (χ0v) is 13.7. The van der Waals surface area contributed by atoms with Crippen LogP contribution in [0.2, 0.25) is 0 Å². The summed E-state index contributed by atoms with van der Waals surface area (Å²) in [5.74, 6) is 0. The molecule has 0 heterocycles. The Morgan fingerprint density at radius 2 is 1.00 bits per heavy atom. The van der Waals surface area contributed by atoms with Crippen molar-refractivity contribution in [3.8, 4) is 11.1 Å². The molecule has 0 aliphatic rings. The lowest BCUT2D eigenvalue weighted by Gasteiger charge is -2.13. The molecule has 0 fully saturated rings. The molecule has 0 spiro atoms. The summed E-state index contributed by atoms with van der Waals surface area (Å²) in [7, 11) is -9.46. The van der Waals surface area contributed by atoms with E-state index >= 15 is 0 Å². The van der Waals surface area contributed by atoms with E-state index in [4.69, 9.17) is 10.2 Å². The van der Waals surface area contributed by atoms with Gasteiger partial charge in [0.05, 0.1) is 13.2 Å². The molecule has 0 radical (unpaired) electrons. The van der Waals surface area contributed by atoms with Crippen molar-refractivity contribution in [1.29, 1.82) is 0 Å². The van der Waals surface area contributed by atoms with Gasteiger partial charge in [-0.3, -0.25) is 9.11 Å². The van der Waals surface area contributed by atoms with E-state index in [-0.39, 0.29) is 22.3 Å². The van der Waals surface area contributed by atoms with Crippen LogP contribution in [-0.4, -0.2) is 36.2 Å². The highest BCUT2D eigenvalue weighted by Crippen LogP contribution is 2.33. The minimum atomic E-state index is -4.73. The van der Waals surface area contributed by atoms with E-state index in [9.17, 15) is 25.9 Å². The lowest BCUT2D eigenvalue weighted by atomic mass is 10.0. The van der Waals surface area contributed by atoms with Crippen molar-refractivity contribution in [2.75, 3.05) is 0 Å². The smallest absolute Gasteiger partial charge is 0.295 e. The molecule has 0 saturated carbocycles. The summed E-state index contributed by atoms with van der Waals surface area (Å²) in [5.41, 5.74) is 0.0251. The fraction of sp³-hybridized carbons (Fsp3) is 0.143. The molecule has 0 saturated heterocycles. The number of rotatable bonds is 5. The Morgan fingerprint density at radius 3 is 1.25 bits per heavy atom. The molecule has 0 unspecified atom stereocenters. The van der Waals surface area contributed by atoms with Crippen LogP contribution in [0.15, 0.2) is 46.2 Å². The Hall–Kier alpha value is -1.82. The second-order valence-corrected chi connectivity index (χ2v) is 7.71. The van der Waals surface area contributed by atoms with Crippen molar-refractivity contribution in [2.24, 2.45) is 0 Å². The third kappa shape index (κ3) is 3.80. The van der Waals surface area contributed by atoms with Gasteiger partial charge in [-0.25, -0.2) is 0 Å². The van der Waals surface area contributed by atoms with Crippen LogP contribution in [0.4, 0.5) is 0 Å². The predicted octanol–water partition coefficient (Wildman–Crippen LogP) is 0.832. The van der Waals surface area contributed by atoms with E-state index in [0.29, 0.717) is 0 Å². The quantitative estimate of drug-likeness (QED) is 0.562. The summed E-state index contributed by atoms with van der Waals surface area (Å²) in [4.78, 5) is -1.23. The first-order chi connectivity index (χ1) is 11.1. The molecule has 10 heteroatoms. The first-order valence-electron chi connectivity index (χ1n) is 6.51. The maximum absolute atomic E-state index is 11.6. The highest BCUT2D eigenvalue weighted by Gasteiger charge is 2.23. The average molecular weight is 374 g/mol. The lowest BCUT2D eigenvalue weighted by molar-refractivity contribution is 0.281. The van der Waals surface area contributed by atoms with Gasteiger partial charge < -0.3 is 10.2 Å². The van der Waals surface area contributed by atoms with E-state index in [1.54, 1.807) is 0 Å². The van der Waals surface area contributed by atoms with Gasteiger partial charge in [0, 0.05) is 11.1 Å². The number of hydrogen-bond acceptors (Lipinski definition) is 6. The highest BCUT2D eigenvalue weighted by atomic mass is 32.2. The molecule has 0 aromatic heterocycles. The number of hydrogen-bond donors (Lipinski definition) is 4. The molecule has 130 valence electrons. The van der Waals surface area contributed by atoms with Gasteiger partial charge in [-0.05, 0) is 23.3 Å². The van der Waals surface area contributed by atoms with Gasteiger partial charge in [0.2, 0.25) is 0 Å². The fourth-order valence-corrected chi connectivity index (χ4v) is 3.71. The molecule has 8 nitrogen and oxygen atoms in total. The van der Waals surface area contributed by atoms with Crippen LogP contribution in [0.3, 0.4) is 0 Å². The lowest BCUT2D eigenvalue weighted by Crippen LogP contribution is -2.06. The van der Waals surface area contributed by atoms with E-state index in [2.05, 4.69) is 0 Å². The molecule has 2 rings (SSSR count). The molecule has 0 amide bonds. The number of aliphatic hydroxyl groups excluding tert-OH is 2. The molecular formula is C14H14O8S2. The van der Waals surface area contributed by atoms with Crippen molar-refractivity contribution in [3.05, 3.63) is 47.5 Å². The molecule has 4 N–H and O–H groups in total. The molecule has 24 heavy (non-hydrogen) atoms. The van der Waals surface area contributed by atoms with Gasteiger partial charge in [-0.15, -0.1) is 0 Å². The normalized spacial score (nSPS) is 12.3. The molecular weight excluding hydrogens is 360 g/mol. The van der Waals surface area contributed by atoms with E-state index in [1.807, 2.05) is 0 Å². The van der Waals surface area contributed by atoms with E-state index in [1.165, 1.54) is 24.3 Å². The molecule has 0 aliphatic carbocycles. The third-order valence-corrected chi connectivity index (χ3v) is 5.09. The molecule has 2 aromatic carbocycles. The first kappa shape index (κ1) is 18.5. The largest absolute Gasteiger partial charge is 0.392 e. The van der Waals surface area contributed by atoms with Crippen molar-refractivity contribution in [1.82, 2.24) is 0 Å². The van der Waals surface area contributed by atoms with Gasteiger partial charge in [0.1, 0.15) is 9.79 Å². The van der Waals surface area contributed by atoms with Crippen molar-refractivity contribution in [2.45, 2.75) is 23.0 Å². The summed E-state index contributed by atoms with van der Waals surface area (Å²) in [6.07, 6.45) is 0. The Balaban J connectivity index is 2.87. The van der Waals surface area contributed by atoms with Crippen LogP contribution in [0.5, 0.6) is 0 Å². The minimum Gasteiger partial charge on any atom is -0.392 e. The third-order valence-electron chi connectivity index (χ3n) is 3.30. The van der Waals surface area contributed by atoms with Gasteiger partial charge >= 0.3 is 0 Å². The standard InChI is InChI=1S/C14H14O8S2/c15-7-9-1-3-11(13(5-9)23(17,18)19)12-4-2-10(8-16)6-14(12)24(20,21)22/h1-6,15-16H,7-8H2,(H,17,18,19)(H,20,21,22). The predicted molar refractivity (Wildman–Crippen MR) is 83.4 cm³/mol. The summed E-state index contributed by atoms with van der Waals surface area (Å²) in [6, 6.07) is 7.10. The zero-order valence-electron chi connectivity index (χ0n) is 12.1. The van der Waals surface area contributed by atoms with Gasteiger partial charge in [0.15, 0.2) is 0 Å². The zero-order chi connectivity index (χ0) is 18.1. The van der Waals surface area contributed by atoms with Crippen LogP contribution in [0.25, 0.3) is 11.1 Å². The van der Waals surface area contributed by atoms with E-state index in [0.717, 1.165) is 12.1 Å². The van der Waals surface area contributed by atoms with Gasteiger partial charge in [-0.1, -0.05) is 24.3 Å².